The quantitative estimate of drug-likeness (QED) is 0.545. The fourth-order valence-corrected chi connectivity index (χ4v) is 2.07. The van der Waals surface area contributed by atoms with Gasteiger partial charge in [-0.1, -0.05) is 0 Å². The SMILES string of the molecule is CC1OCCC1(C)NC(=O)c1cc(O)ccc1N. The molecule has 1 saturated heterocycles. The van der Waals surface area contributed by atoms with E-state index < -0.39 is 5.54 Å². The van der Waals surface area contributed by atoms with Crippen LogP contribution in [0.5, 0.6) is 5.75 Å². The zero-order valence-electron chi connectivity index (χ0n) is 10.6. The Bertz CT molecular complexity index is 475. The molecule has 5 heteroatoms. The first-order valence-electron chi connectivity index (χ1n) is 5.95. The van der Waals surface area contributed by atoms with E-state index in [-0.39, 0.29) is 23.3 Å². The molecule has 0 radical (unpaired) electrons. The van der Waals surface area contributed by atoms with Crippen LogP contribution in [-0.2, 0) is 4.74 Å². The summed E-state index contributed by atoms with van der Waals surface area (Å²) in [7, 11) is 0. The molecule has 0 aromatic heterocycles. The molecular formula is C13H18N2O3. The standard InChI is InChI=1S/C13H18N2O3/c1-8-13(2,5-6-18-8)15-12(17)10-7-9(16)3-4-11(10)14/h3-4,7-8,16H,5-6,14H2,1-2H3,(H,15,17). The minimum absolute atomic E-state index is 0.0234. The lowest BCUT2D eigenvalue weighted by atomic mass is 9.94. The lowest BCUT2D eigenvalue weighted by molar-refractivity contribution is 0.0728. The largest absolute Gasteiger partial charge is 0.508 e. The van der Waals surface area contributed by atoms with Crippen molar-refractivity contribution in [3.8, 4) is 5.75 Å². The molecule has 0 spiro atoms. The normalized spacial score (nSPS) is 27.1. The Morgan fingerprint density at radius 3 is 2.94 bits per heavy atom. The zero-order chi connectivity index (χ0) is 13.3. The van der Waals surface area contributed by atoms with Gasteiger partial charge in [0, 0.05) is 12.3 Å². The highest BCUT2D eigenvalue weighted by Crippen LogP contribution is 2.26. The smallest absolute Gasteiger partial charge is 0.254 e. The average Bonchev–Trinajstić information content (AvgIpc) is 2.62. The maximum Gasteiger partial charge on any atom is 0.254 e. The van der Waals surface area contributed by atoms with Crippen molar-refractivity contribution in [2.75, 3.05) is 12.3 Å². The Labute approximate surface area is 106 Å². The van der Waals surface area contributed by atoms with Crippen molar-refractivity contribution < 1.29 is 14.6 Å². The molecule has 1 heterocycles. The van der Waals surface area contributed by atoms with E-state index in [9.17, 15) is 9.90 Å². The molecule has 2 atom stereocenters. The molecule has 4 N–H and O–H groups in total. The molecule has 98 valence electrons. The number of amides is 1. The molecule has 0 bridgehead atoms. The number of phenolic OH excluding ortho intramolecular Hbond substituents is 1. The number of hydrogen-bond acceptors (Lipinski definition) is 4. The van der Waals surface area contributed by atoms with Crippen molar-refractivity contribution in [1.29, 1.82) is 0 Å². The van der Waals surface area contributed by atoms with Crippen LogP contribution in [0.4, 0.5) is 5.69 Å². The number of rotatable bonds is 2. The lowest BCUT2D eigenvalue weighted by Crippen LogP contribution is -2.50. The van der Waals surface area contributed by atoms with Crippen LogP contribution in [0.1, 0.15) is 30.6 Å². The first-order chi connectivity index (χ1) is 8.42. The van der Waals surface area contributed by atoms with Gasteiger partial charge < -0.3 is 20.9 Å². The Morgan fingerprint density at radius 1 is 1.61 bits per heavy atom. The van der Waals surface area contributed by atoms with Crippen LogP contribution in [0, 0.1) is 0 Å². The van der Waals surface area contributed by atoms with Crippen molar-refractivity contribution in [2.45, 2.75) is 31.9 Å². The molecule has 18 heavy (non-hydrogen) atoms. The molecule has 2 unspecified atom stereocenters. The van der Waals surface area contributed by atoms with Crippen molar-refractivity contribution in [3.63, 3.8) is 0 Å². The molecule has 5 nitrogen and oxygen atoms in total. The first kappa shape index (κ1) is 12.7. The Kier molecular flexibility index (Phi) is 3.17. The summed E-state index contributed by atoms with van der Waals surface area (Å²) >= 11 is 0. The lowest BCUT2D eigenvalue weighted by Gasteiger charge is -2.29. The van der Waals surface area contributed by atoms with Gasteiger partial charge in [-0.2, -0.15) is 0 Å². The Balaban J connectivity index is 2.19. The van der Waals surface area contributed by atoms with Crippen LogP contribution in [0.2, 0.25) is 0 Å². The van der Waals surface area contributed by atoms with Crippen LogP contribution in [0.3, 0.4) is 0 Å². The van der Waals surface area contributed by atoms with Gasteiger partial charge in [0.05, 0.1) is 17.2 Å². The van der Waals surface area contributed by atoms with E-state index in [1.165, 1.54) is 18.2 Å². The number of carbonyl (C=O) groups is 1. The number of carbonyl (C=O) groups excluding carboxylic acids is 1. The predicted molar refractivity (Wildman–Crippen MR) is 68.4 cm³/mol. The van der Waals surface area contributed by atoms with E-state index in [1.54, 1.807) is 0 Å². The van der Waals surface area contributed by atoms with Gasteiger partial charge in [-0.25, -0.2) is 0 Å². The third-order valence-corrected chi connectivity index (χ3v) is 3.57. The monoisotopic (exact) mass is 250 g/mol. The second-order valence-electron chi connectivity index (χ2n) is 4.91. The number of nitrogens with two attached hydrogens (primary N) is 1. The second kappa shape index (κ2) is 4.49. The molecule has 1 aromatic rings. The zero-order valence-corrected chi connectivity index (χ0v) is 10.6. The molecule has 1 aromatic carbocycles. The van der Waals surface area contributed by atoms with Gasteiger partial charge in [0.1, 0.15) is 5.75 Å². The molecule has 2 rings (SSSR count). The average molecular weight is 250 g/mol. The summed E-state index contributed by atoms with van der Waals surface area (Å²) in [6.07, 6.45) is 0.721. The summed E-state index contributed by atoms with van der Waals surface area (Å²) in [4.78, 5) is 12.2. The van der Waals surface area contributed by atoms with Gasteiger partial charge in [-0.05, 0) is 38.5 Å². The van der Waals surface area contributed by atoms with Crippen molar-refractivity contribution in [3.05, 3.63) is 23.8 Å². The number of aromatic hydroxyl groups is 1. The van der Waals surface area contributed by atoms with Gasteiger partial charge >= 0.3 is 0 Å². The summed E-state index contributed by atoms with van der Waals surface area (Å²) < 4.78 is 5.46. The number of nitrogen functional groups attached to an aromatic ring is 1. The Hall–Kier alpha value is -1.75. The predicted octanol–water partition coefficient (Wildman–Crippen LogP) is 1.27. The van der Waals surface area contributed by atoms with Gasteiger partial charge in [-0.15, -0.1) is 0 Å². The van der Waals surface area contributed by atoms with Crippen molar-refractivity contribution in [2.24, 2.45) is 0 Å². The van der Waals surface area contributed by atoms with Crippen LogP contribution in [0.25, 0.3) is 0 Å². The summed E-state index contributed by atoms with van der Waals surface area (Å²) in [6.45, 7) is 4.51. The summed E-state index contributed by atoms with van der Waals surface area (Å²) in [5.74, 6) is -0.265. The fourth-order valence-electron chi connectivity index (χ4n) is 2.07. The summed E-state index contributed by atoms with van der Waals surface area (Å²) in [5.41, 5.74) is 5.98. The van der Waals surface area contributed by atoms with E-state index in [1.807, 2.05) is 13.8 Å². The van der Waals surface area contributed by atoms with Gasteiger partial charge in [0.15, 0.2) is 0 Å². The number of ether oxygens (including phenoxy) is 1. The van der Waals surface area contributed by atoms with Crippen LogP contribution in [0.15, 0.2) is 18.2 Å². The minimum atomic E-state index is -0.394. The summed E-state index contributed by atoms with van der Waals surface area (Å²) in [5, 5.41) is 12.3. The van der Waals surface area contributed by atoms with Gasteiger partial charge in [-0.3, -0.25) is 4.79 Å². The highest BCUT2D eigenvalue weighted by atomic mass is 16.5. The summed E-state index contributed by atoms with van der Waals surface area (Å²) in [6, 6.07) is 4.34. The second-order valence-corrected chi connectivity index (χ2v) is 4.91. The topological polar surface area (TPSA) is 84.6 Å². The van der Waals surface area contributed by atoms with E-state index in [2.05, 4.69) is 5.32 Å². The first-order valence-corrected chi connectivity index (χ1v) is 5.95. The molecule has 1 fully saturated rings. The van der Waals surface area contributed by atoms with E-state index >= 15 is 0 Å². The number of benzene rings is 1. The highest BCUT2D eigenvalue weighted by molar-refractivity contribution is 6.00. The van der Waals surface area contributed by atoms with Crippen molar-refractivity contribution >= 4 is 11.6 Å². The van der Waals surface area contributed by atoms with E-state index in [4.69, 9.17) is 10.5 Å². The highest BCUT2D eigenvalue weighted by Gasteiger charge is 2.38. The molecule has 1 aliphatic heterocycles. The van der Waals surface area contributed by atoms with Crippen LogP contribution < -0.4 is 11.1 Å². The van der Waals surface area contributed by atoms with Gasteiger partial charge in [0.2, 0.25) is 0 Å². The van der Waals surface area contributed by atoms with Crippen LogP contribution >= 0.6 is 0 Å². The number of hydrogen-bond donors (Lipinski definition) is 3. The van der Waals surface area contributed by atoms with Crippen molar-refractivity contribution in [1.82, 2.24) is 5.32 Å². The van der Waals surface area contributed by atoms with Crippen LogP contribution in [-0.4, -0.2) is 29.3 Å². The number of nitrogens with one attached hydrogen (secondary N) is 1. The maximum atomic E-state index is 12.2. The maximum absolute atomic E-state index is 12.2. The van der Waals surface area contributed by atoms with E-state index in [0.717, 1.165) is 6.42 Å². The Morgan fingerprint density at radius 2 is 2.33 bits per heavy atom. The third-order valence-electron chi connectivity index (χ3n) is 3.57. The molecular weight excluding hydrogens is 232 g/mol. The molecule has 0 aliphatic carbocycles. The molecule has 1 amide bonds. The number of anilines is 1. The molecule has 1 aliphatic rings. The fraction of sp³-hybridized carbons (Fsp3) is 0.462. The minimum Gasteiger partial charge on any atom is -0.508 e. The third kappa shape index (κ3) is 2.26. The van der Waals surface area contributed by atoms with E-state index in [0.29, 0.717) is 12.3 Å². The molecule has 0 saturated carbocycles. The van der Waals surface area contributed by atoms with Gasteiger partial charge in [0.25, 0.3) is 5.91 Å². The number of phenols is 1.